The Morgan fingerprint density at radius 2 is 2.21 bits per heavy atom. The van der Waals surface area contributed by atoms with Gasteiger partial charge in [0.2, 0.25) is 0 Å². The summed E-state index contributed by atoms with van der Waals surface area (Å²) in [6.45, 7) is 6.44. The van der Waals surface area contributed by atoms with Gasteiger partial charge in [-0.1, -0.05) is 23.8 Å². The van der Waals surface area contributed by atoms with Crippen molar-refractivity contribution in [2.75, 3.05) is 0 Å². The zero-order chi connectivity index (χ0) is 13.4. The van der Waals surface area contributed by atoms with Gasteiger partial charge in [-0.2, -0.15) is 0 Å². The molecular weight excluding hydrogens is 252 g/mol. The van der Waals surface area contributed by atoms with Crippen LogP contribution in [0.4, 0.5) is 0 Å². The lowest BCUT2D eigenvalue weighted by Crippen LogP contribution is -2.23. The zero-order valence-electron chi connectivity index (χ0n) is 11.7. The number of hydrogen-bond donors (Lipinski definition) is 1. The lowest BCUT2D eigenvalue weighted by molar-refractivity contribution is 0.463. The molecule has 3 heteroatoms. The Bertz CT molecular complexity index is 588. The van der Waals surface area contributed by atoms with Crippen LogP contribution < -0.4 is 5.32 Å². The number of nitrogens with zero attached hydrogens (tertiary/aromatic N) is 1. The summed E-state index contributed by atoms with van der Waals surface area (Å²) in [5.41, 5.74) is 5.47. The molecule has 1 heterocycles. The summed E-state index contributed by atoms with van der Waals surface area (Å²) in [5, 5.41) is 7.06. The Hall–Kier alpha value is -1.19. The average Bonchev–Trinajstić information content (AvgIpc) is 2.97. The second-order valence-electron chi connectivity index (χ2n) is 5.51. The smallest absolute Gasteiger partial charge is 0.110 e. The molecule has 3 rings (SSSR count). The molecule has 1 aliphatic carbocycles. The fourth-order valence-electron chi connectivity index (χ4n) is 2.84. The number of aromatic nitrogens is 1. The van der Waals surface area contributed by atoms with Crippen molar-refractivity contribution in [1.82, 2.24) is 10.3 Å². The molecule has 2 atom stereocenters. The van der Waals surface area contributed by atoms with E-state index in [2.05, 4.69) is 54.7 Å². The second-order valence-corrected chi connectivity index (χ2v) is 6.40. The third-order valence-electron chi connectivity index (χ3n) is 3.84. The fourth-order valence-corrected chi connectivity index (χ4v) is 3.65. The van der Waals surface area contributed by atoms with Crippen LogP contribution in [0.25, 0.3) is 0 Å². The molecule has 1 aromatic carbocycles. The third kappa shape index (κ3) is 2.58. The molecule has 0 bridgehead atoms. The Morgan fingerprint density at radius 1 is 1.37 bits per heavy atom. The van der Waals surface area contributed by atoms with Crippen LogP contribution in [-0.4, -0.2) is 4.98 Å². The van der Waals surface area contributed by atoms with E-state index in [1.807, 2.05) is 0 Å². The van der Waals surface area contributed by atoms with E-state index < -0.39 is 0 Å². The van der Waals surface area contributed by atoms with E-state index in [9.17, 15) is 0 Å². The second kappa shape index (κ2) is 5.06. The molecule has 1 aliphatic rings. The predicted molar refractivity (Wildman–Crippen MR) is 80.6 cm³/mol. The van der Waals surface area contributed by atoms with Crippen LogP contribution in [0, 0.1) is 13.8 Å². The summed E-state index contributed by atoms with van der Waals surface area (Å²) in [5.74, 6) is 0. The number of benzene rings is 1. The number of nitrogens with one attached hydrogen (secondary N) is 1. The van der Waals surface area contributed by atoms with Gasteiger partial charge < -0.3 is 5.32 Å². The lowest BCUT2D eigenvalue weighted by Gasteiger charge is -2.19. The van der Waals surface area contributed by atoms with Crippen molar-refractivity contribution in [2.45, 2.75) is 45.7 Å². The first kappa shape index (κ1) is 12.8. The molecule has 0 saturated heterocycles. The highest BCUT2D eigenvalue weighted by Gasteiger charge is 2.24. The number of fused-ring (bicyclic) bond motifs is 1. The van der Waals surface area contributed by atoms with Gasteiger partial charge in [-0.05, 0) is 44.7 Å². The van der Waals surface area contributed by atoms with Crippen LogP contribution in [0.1, 0.15) is 52.8 Å². The van der Waals surface area contributed by atoms with E-state index in [1.54, 1.807) is 11.3 Å². The van der Waals surface area contributed by atoms with Gasteiger partial charge in [0.05, 0.1) is 6.04 Å². The summed E-state index contributed by atoms with van der Waals surface area (Å²) in [6, 6.07) is 7.64. The van der Waals surface area contributed by atoms with Crippen LogP contribution in [0.15, 0.2) is 23.6 Å². The van der Waals surface area contributed by atoms with Crippen molar-refractivity contribution in [2.24, 2.45) is 0 Å². The number of hydrogen-bond acceptors (Lipinski definition) is 3. The third-order valence-corrected chi connectivity index (χ3v) is 4.98. The monoisotopic (exact) mass is 272 g/mol. The van der Waals surface area contributed by atoms with Gasteiger partial charge in [-0.3, -0.25) is 0 Å². The Balaban J connectivity index is 1.77. The van der Waals surface area contributed by atoms with E-state index in [1.165, 1.54) is 34.5 Å². The van der Waals surface area contributed by atoms with E-state index in [-0.39, 0.29) is 0 Å². The van der Waals surface area contributed by atoms with Gasteiger partial charge in [0, 0.05) is 17.1 Å². The molecule has 1 aromatic heterocycles. The maximum absolute atomic E-state index is 4.58. The standard InChI is InChI=1S/C16H20N2S/c1-10-4-5-13-6-7-15(14(13)8-10)18-12(3)16-17-11(2)9-19-16/h4-5,8-9,12,15,18H,6-7H2,1-3H3. The average molecular weight is 272 g/mol. The molecule has 19 heavy (non-hydrogen) atoms. The molecule has 2 unspecified atom stereocenters. The Kier molecular flexibility index (Phi) is 3.42. The maximum Gasteiger partial charge on any atom is 0.110 e. The minimum Gasteiger partial charge on any atom is -0.301 e. The van der Waals surface area contributed by atoms with Crippen LogP contribution in [0.2, 0.25) is 0 Å². The van der Waals surface area contributed by atoms with Gasteiger partial charge in [-0.15, -0.1) is 11.3 Å². The van der Waals surface area contributed by atoms with Gasteiger partial charge in [-0.25, -0.2) is 4.98 Å². The maximum atomic E-state index is 4.58. The minimum absolute atomic E-state index is 0.329. The van der Waals surface area contributed by atoms with E-state index in [0.29, 0.717) is 12.1 Å². The van der Waals surface area contributed by atoms with Crippen molar-refractivity contribution < 1.29 is 0 Å². The summed E-state index contributed by atoms with van der Waals surface area (Å²) in [7, 11) is 0. The van der Waals surface area contributed by atoms with Crippen molar-refractivity contribution in [3.63, 3.8) is 0 Å². The summed E-state index contributed by atoms with van der Waals surface area (Å²) in [6.07, 6.45) is 2.39. The molecule has 0 saturated carbocycles. The Morgan fingerprint density at radius 3 is 2.95 bits per heavy atom. The van der Waals surface area contributed by atoms with Crippen LogP contribution in [0.5, 0.6) is 0 Å². The summed E-state index contributed by atoms with van der Waals surface area (Å²) < 4.78 is 0. The summed E-state index contributed by atoms with van der Waals surface area (Å²) in [4.78, 5) is 4.58. The van der Waals surface area contributed by atoms with E-state index in [0.717, 1.165) is 5.69 Å². The molecular formula is C16H20N2S. The molecule has 0 spiro atoms. The predicted octanol–water partition coefficient (Wildman–Crippen LogP) is 4.10. The SMILES string of the molecule is Cc1ccc2c(c1)C(NC(C)c1nc(C)cs1)CC2. The first-order valence-electron chi connectivity index (χ1n) is 6.91. The number of aryl methyl sites for hydroxylation is 3. The zero-order valence-corrected chi connectivity index (χ0v) is 12.6. The van der Waals surface area contributed by atoms with Gasteiger partial charge in [0.1, 0.15) is 5.01 Å². The highest BCUT2D eigenvalue weighted by atomic mass is 32.1. The number of rotatable bonds is 3. The topological polar surface area (TPSA) is 24.9 Å². The summed E-state index contributed by atoms with van der Waals surface area (Å²) >= 11 is 1.75. The molecule has 0 aliphatic heterocycles. The Labute approximate surface area is 118 Å². The molecule has 100 valence electrons. The highest BCUT2D eigenvalue weighted by Crippen LogP contribution is 2.34. The minimum atomic E-state index is 0.329. The lowest BCUT2D eigenvalue weighted by atomic mass is 10.0. The highest BCUT2D eigenvalue weighted by molar-refractivity contribution is 7.09. The van der Waals surface area contributed by atoms with Gasteiger partial charge in [0.25, 0.3) is 0 Å². The van der Waals surface area contributed by atoms with Crippen molar-refractivity contribution in [1.29, 1.82) is 0 Å². The van der Waals surface area contributed by atoms with Crippen LogP contribution in [-0.2, 0) is 6.42 Å². The molecule has 0 fully saturated rings. The first-order valence-corrected chi connectivity index (χ1v) is 7.79. The number of thiazole rings is 1. The molecule has 2 nitrogen and oxygen atoms in total. The van der Waals surface area contributed by atoms with Gasteiger partial charge >= 0.3 is 0 Å². The molecule has 0 amide bonds. The van der Waals surface area contributed by atoms with E-state index in [4.69, 9.17) is 0 Å². The molecule has 0 radical (unpaired) electrons. The van der Waals surface area contributed by atoms with E-state index >= 15 is 0 Å². The van der Waals surface area contributed by atoms with Crippen LogP contribution in [0.3, 0.4) is 0 Å². The molecule has 1 N–H and O–H groups in total. The van der Waals surface area contributed by atoms with Crippen LogP contribution >= 0.6 is 11.3 Å². The first-order chi connectivity index (χ1) is 9.13. The largest absolute Gasteiger partial charge is 0.301 e. The quantitative estimate of drug-likeness (QED) is 0.910. The van der Waals surface area contributed by atoms with Crippen molar-refractivity contribution in [3.05, 3.63) is 51.0 Å². The van der Waals surface area contributed by atoms with Crippen molar-refractivity contribution in [3.8, 4) is 0 Å². The molecule has 2 aromatic rings. The van der Waals surface area contributed by atoms with Gasteiger partial charge in [0.15, 0.2) is 0 Å². The van der Waals surface area contributed by atoms with Crippen molar-refractivity contribution >= 4 is 11.3 Å². The fraction of sp³-hybridized carbons (Fsp3) is 0.438. The normalized spacial score (nSPS) is 19.4.